The quantitative estimate of drug-likeness (QED) is 0.881. The number of aromatic nitrogens is 1. The molecule has 1 heterocycles. The van der Waals surface area contributed by atoms with Gasteiger partial charge in [-0.25, -0.2) is 8.78 Å². The van der Waals surface area contributed by atoms with Crippen LogP contribution < -0.4 is 10.1 Å². The van der Waals surface area contributed by atoms with Crippen molar-refractivity contribution in [2.24, 2.45) is 0 Å². The van der Waals surface area contributed by atoms with Gasteiger partial charge in [0.05, 0.1) is 6.54 Å². The van der Waals surface area contributed by atoms with Crippen molar-refractivity contribution in [1.82, 2.24) is 10.3 Å². The lowest BCUT2D eigenvalue weighted by Gasteiger charge is -2.03. The molecule has 0 aliphatic rings. The average Bonchev–Trinajstić information content (AvgIpc) is 2.53. The van der Waals surface area contributed by atoms with Gasteiger partial charge in [0, 0.05) is 12.3 Å². The Morgan fingerprint density at radius 2 is 2.09 bits per heavy atom. The monoisotopic (exact) mass is 302 g/mol. The predicted molar refractivity (Wildman–Crippen MR) is 76.2 cm³/mol. The molecule has 6 heteroatoms. The van der Waals surface area contributed by atoms with Crippen molar-refractivity contribution in [3.05, 3.63) is 59.9 Å². The fourth-order valence-corrected chi connectivity index (χ4v) is 1.53. The highest BCUT2D eigenvalue weighted by Gasteiger charge is 2.04. The largest absolute Gasteiger partial charge is 0.478 e. The SMILES string of the molecule is O=C(NCC#CCOc1ccc(F)cc1F)c1ccccn1. The van der Waals surface area contributed by atoms with Gasteiger partial charge in [0.25, 0.3) is 5.91 Å². The summed E-state index contributed by atoms with van der Waals surface area (Å²) >= 11 is 0. The van der Waals surface area contributed by atoms with Gasteiger partial charge in [-0.15, -0.1) is 0 Å². The number of hydrogen-bond donors (Lipinski definition) is 1. The third-order valence-corrected chi connectivity index (χ3v) is 2.55. The normalized spacial score (nSPS) is 9.55. The molecule has 1 N–H and O–H groups in total. The van der Waals surface area contributed by atoms with Crippen molar-refractivity contribution < 1.29 is 18.3 Å². The Hall–Kier alpha value is -2.94. The number of amides is 1. The molecule has 0 saturated heterocycles. The van der Waals surface area contributed by atoms with Crippen LogP contribution in [0.25, 0.3) is 0 Å². The van der Waals surface area contributed by atoms with Crippen molar-refractivity contribution >= 4 is 5.91 Å². The van der Waals surface area contributed by atoms with Crippen molar-refractivity contribution in [3.63, 3.8) is 0 Å². The van der Waals surface area contributed by atoms with Crippen LogP contribution in [0.3, 0.4) is 0 Å². The number of carbonyl (C=O) groups excluding carboxylic acids is 1. The summed E-state index contributed by atoms with van der Waals surface area (Å²) in [4.78, 5) is 15.5. The van der Waals surface area contributed by atoms with E-state index in [2.05, 4.69) is 22.1 Å². The molecule has 4 nitrogen and oxygen atoms in total. The molecule has 0 aliphatic carbocycles. The van der Waals surface area contributed by atoms with Gasteiger partial charge in [0.1, 0.15) is 18.1 Å². The van der Waals surface area contributed by atoms with Crippen LogP contribution in [-0.4, -0.2) is 24.0 Å². The first-order valence-electron chi connectivity index (χ1n) is 6.39. The van der Waals surface area contributed by atoms with E-state index >= 15 is 0 Å². The van der Waals surface area contributed by atoms with Crippen LogP contribution >= 0.6 is 0 Å². The number of benzene rings is 1. The lowest BCUT2D eigenvalue weighted by atomic mass is 10.3. The van der Waals surface area contributed by atoms with Crippen LogP contribution in [-0.2, 0) is 0 Å². The van der Waals surface area contributed by atoms with Crippen LogP contribution in [0.4, 0.5) is 8.78 Å². The minimum absolute atomic E-state index is 0.0675. The minimum atomic E-state index is -0.787. The molecule has 2 aromatic rings. The van der Waals surface area contributed by atoms with E-state index in [0.717, 1.165) is 12.1 Å². The fraction of sp³-hybridized carbons (Fsp3) is 0.125. The molecule has 0 spiro atoms. The Balaban J connectivity index is 1.74. The maximum atomic E-state index is 13.2. The first-order valence-corrected chi connectivity index (χ1v) is 6.39. The molecule has 0 aliphatic heterocycles. The van der Waals surface area contributed by atoms with E-state index in [-0.39, 0.29) is 24.8 Å². The first-order chi connectivity index (χ1) is 10.7. The van der Waals surface area contributed by atoms with E-state index in [1.54, 1.807) is 18.2 Å². The summed E-state index contributed by atoms with van der Waals surface area (Å²) < 4.78 is 31.0. The summed E-state index contributed by atoms with van der Waals surface area (Å²) in [5, 5.41) is 2.56. The number of hydrogen-bond acceptors (Lipinski definition) is 3. The Morgan fingerprint density at radius 3 is 2.82 bits per heavy atom. The maximum absolute atomic E-state index is 13.2. The van der Waals surface area contributed by atoms with Gasteiger partial charge >= 0.3 is 0 Å². The second-order valence-electron chi connectivity index (χ2n) is 4.11. The molecular weight excluding hydrogens is 290 g/mol. The Bertz CT molecular complexity index is 709. The second-order valence-corrected chi connectivity index (χ2v) is 4.11. The third kappa shape index (κ3) is 4.56. The number of rotatable bonds is 4. The first kappa shape index (κ1) is 15.4. The van der Waals surface area contributed by atoms with Gasteiger partial charge < -0.3 is 10.1 Å². The number of carbonyl (C=O) groups is 1. The van der Waals surface area contributed by atoms with E-state index in [1.807, 2.05) is 0 Å². The molecule has 0 saturated carbocycles. The Kier molecular flexibility index (Phi) is 5.44. The van der Waals surface area contributed by atoms with Crippen LogP contribution in [0.15, 0.2) is 42.6 Å². The molecule has 112 valence electrons. The van der Waals surface area contributed by atoms with E-state index in [4.69, 9.17) is 4.74 Å². The van der Waals surface area contributed by atoms with Gasteiger partial charge in [-0.3, -0.25) is 9.78 Å². The van der Waals surface area contributed by atoms with E-state index < -0.39 is 11.6 Å². The molecular formula is C16H12F2N2O2. The zero-order valence-electron chi connectivity index (χ0n) is 11.5. The number of ether oxygens (including phenoxy) is 1. The molecule has 22 heavy (non-hydrogen) atoms. The fourth-order valence-electron chi connectivity index (χ4n) is 1.53. The van der Waals surface area contributed by atoms with Gasteiger partial charge in [0.15, 0.2) is 11.6 Å². The molecule has 0 bridgehead atoms. The summed E-state index contributed by atoms with van der Waals surface area (Å²) in [5.74, 6) is 3.40. The molecule has 1 amide bonds. The standard InChI is InChI=1S/C16H12F2N2O2/c17-12-6-7-15(13(18)11-12)22-10-4-3-9-20-16(21)14-5-1-2-8-19-14/h1-2,5-8,11H,9-10H2,(H,20,21). The lowest BCUT2D eigenvalue weighted by molar-refractivity contribution is 0.0953. The summed E-state index contributed by atoms with van der Waals surface area (Å²) in [6.07, 6.45) is 1.52. The molecule has 0 atom stereocenters. The van der Waals surface area contributed by atoms with Crippen molar-refractivity contribution in [2.45, 2.75) is 0 Å². The van der Waals surface area contributed by atoms with Crippen LogP contribution in [0, 0.1) is 23.5 Å². The average molecular weight is 302 g/mol. The minimum Gasteiger partial charge on any atom is -0.478 e. The van der Waals surface area contributed by atoms with Crippen LogP contribution in [0.5, 0.6) is 5.75 Å². The van der Waals surface area contributed by atoms with Crippen molar-refractivity contribution in [2.75, 3.05) is 13.2 Å². The number of pyridine rings is 1. The van der Waals surface area contributed by atoms with Crippen LogP contribution in [0.2, 0.25) is 0 Å². The summed E-state index contributed by atoms with van der Waals surface area (Å²) in [6, 6.07) is 8.02. The van der Waals surface area contributed by atoms with Gasteiger partial charge in [0.2, 0.25) is 0 Å². The van der Waals surface area contributed by atoms with Gasteiger partial charge in [-0.05, 0) is 24.3 Å². The predicted octanol–water partition coefficient (Wildman–Crippen LogP) is 2.17. The van der Waals surface area contributed by atoms with Crippen molar-refractivity contribution in [1.29, 1.82) is 0 Å². The molecule has 1 aromatic heterocycles. The molecule has 0 fully saturated rings. The van der Waals surface area contributed by atoms with E-state index in [0.29, 0.717) is 5.69 Å². The van der Waals surface area contributed by atoms with E-state index in [1.165, 1.54) is 12.3 Å². The molecule has 2 rings (SSSR count). The zero-order valence-corrected chi connectivity index (χ0v) is 11.5. The Labute approximate surface area is 126 Å². The smallest absolute Gasteiger partial charge is 0.270 e. The zero-order chi connectivity index (χ0) is 15.8. The van der Waals surface area contributed by atoms with E-state index in [9.17, 15) is 13.6 Å². The summed E-state index contributed by atoms with van der Waals surface area (Å²) in [6.45, 7) is 0.0483. The lowest BCUT2D eigenvalue weighted by Crippen LogP contribution is -2.24. The van der Waals surface area contributed by atoms with Crippen molar-refractivity contribution in [3.8, 4) is 17.6 Å². The topological polar surface area (TPSA) is 51.2 Å². The highest BCUT2D eigenvalue weighted by molar-refractivity contribution is 5.92. The summed E-state index contributed by atoms with van der Waals surface area (Å²) in [7, 11) is 0. The molecule has 0 radical (unpaired) electrons. The van der Waals surface area contributed by atoms with Gasteiger partial charge in [-0.2, -0.15) is 0 Å². The highest BCUT2D eigenvalue weighted by Crippen LogP contribution is 2.17. The number of nitrogens with zero attached hydrogens (tertiary/aromatic N) is 1. The molecule has 1 aromatic carbocycles. The third-order valence-electron chi connectivity index (χ3n) is 2.55. The van der Waals surface area contributed by atoms with Crippen LogP contribution in [0.1, 0.15) is 10.5 Å². The second kappa shape index (κ2) is 7.74. The highest BCUT2D eigenvalue weighted by atomic mass is 19.1. The maximum Gasteiger partial charge on any atom is 0.270 e. The Morgan fingerprint density at radius 1 is 1.23 bits per heavy atom. The summed E-state index contributed by atoms with van der Waals surface area (Å²) in [5.41, 5.74) is 0.300. The molecule has 0 unspecified atom stereocenters. The number of nitrogens with one attached hydrogen (secondary N) is 1. The van der Waals surface area contributed by atoms with Gasteiger partial charge in [-0.1, -0.05) is 17.9 Å². The number of halogens is 2.